The molecule has 0 aliphatic carbocycles. The first-order valence-electron chi connectivity index (χ1n) is 5.79. The van der Waals surface area contributed by atoms with E-state index in [1.807, 2.05) is 0 Å². The number of para-hydroxylation sites is 1. The van der Waals surface area contributed by atoms with Crippen LogP contribution in [0.15, 0.2) is 29.8 Å². The van der Waals surface area contributed by atoms with E-state index in [4.69, 9.17) is 0 Å². The van der Waals surface area contributed by atoms with Crippen molar-refractivity contribution >= 4 is 17.2 Å². The Morgan fingerprint density at radius 3 is 2.85 bits per heavy atom. The molecule has 4 nitrogen and oxygen atoms in total. The molecule has 106 valence electrons. The van der Waals surface area contributed by atoms with Crippen molar-refractivity contribution < 1.29 is 18.3 Å². The number of alkyl halides is 2. The normalized spacial score (nSPS) is 10.6. The van der Waals surface area contributed by atoms with Gasteiger partial charge in [0.05, 0.1) is 11.2 Å². The third-order valence-electron chi connectivity index (χ3n) is 2.58. The van der Waals surface area contributed by atoms with Gasteiger partial charge in [0.25, 0.3) is 5.91 Å². The molecule has 1 aromatic heterocycles. The van der Waals surface area contributed by atoms with Gasteiger partial charge in [-0.15, -0.1) is 11.3 Å². The van der Waals surface area contributed by atoms with E-state index in [-0.39, 0.29) is 18.2 Å². The van der Waals surface area contributed by atoms with E-state index in [1.165, 1.54) is 17.4 Å². The van der Waals surface area contributed by atoms with Crippen molar-refractivity contribution in [2.75, 3.05) is 0 Å². The highest BCUT2D eigenvalue weighted by atomic mass is 32.1. The van der Waals surface area contributed by atoms with Gasteiger partial charge in [0.2, 0.25) is 0 Å². The summed E-state index contributed by atoms with van der Waals surface area (Å²) in [5, 5.41) is 2.66. The summed E-state index contributed by atoms with van der Waals surface area (Å²) in [6.45, 7) is -1.05. The number of carbonyl (C=O) groups excluding carboxylic acids is 1. The van der Waals surface area contributed by atoms with Crippen LogP contribution < -0.4 is 10.1 Å². The largest absolute Gasteiger partial charge is 0.434 e. The molecule has 2 rings (SSSR count). The Bertz CT molecular complexity index is 602. The average molecular weight is 298 g/mol. The van der Waals surface area contributed by atoms with Crippen molar-refractivity contribution in [2.24, 2.45) is 0 Å². The molecular formula is C13H12F2N2O2S. The van der Waals surface area contributed by atoms with E-state index < -0.39 is 6.61 Å². The Balaban J connectivity index is 2.04. The number of thiazole rings is 1. The number of nitrogens with zero attached hydrogens (tertiary/aromatic N) is 1. The Kier molecular flexibility index (Phi) is 4.62. The van der Waals surface area contributed by atoms with Gasteiger partial charge < -0.3 is 10.1 Å². The van der Waals surface area contributed by atoms with Crippen molar-refractivity contribution in [3.63, 3.8) is 0 Å². The van der Waals surface area contributed by atoms with Gasteiger partial charge in [0, 0.05) is 12.1 Å². The molecular weight excluding hydrogens is 286 g/mol. The highest BCUT2D eigenvalue weighted by Crippen LogP contribution is 2.20. The number of amides is 1. The molecule has 7 heteroatoms. The summed E-state index contributed by atoms with van der Waals surface area (Å²) in [5.41, 5.74) is 2.71. The van der Waals surface area contributed by atoms with Crippen LogP contribution in [0, 0.1) is 6.92 Å². The summed E-state index contributed by atoms with van der Waals surface area (Å²) >= 11 is 1.23. The third-order valence-corrected chi connectivity index (χ3v) is 3.51. The van der Waals surface area contributed by atoms with Crippen molar-refractivity contribution in [3.8, 4) is 5.75 Å². The summed E-state index contributed by atoms with van der Waals surface area (Å²) in [6, 6.07) is 6.34. The van der Waals surface area contributed by atoms with E-state index in [2.05, 4.69) is 15.0 Å². The van der Waals surface area contributed by atoms with E-state index in [0.29, 0.717) is 16.1 Å². The van der Waals surface area contributed by atoms with Crippen LogP contribution in [0.1, 0.15) is 20.9 Å². The summed E-state index contributed by atoms with van der Waals surface area (Å²) in [6.07, 6.45) is 0. The molecule has 0 aliphatic heterocycles. The summed E-state index contributed by atoms with van der Waals surface area (Å²) in [5.74, 6) is -0.222. The van der Waals surface area contributed by atoms with Crippen LogP contribution >= 0.6 is 11.3 Å². The van der Waals surface area contributed by atoms with Crippen LogP contribution in [0.25, 0.3) is 0 Å². The summed E-state index contributed by atoms with van der Waals surface area (Å²) in [4.78, 5) is 16.4. The maximum atomic E-state index is 12.3. The lowest BCUT2D eigenvalue weighted by atomic mass is 10.2. The minimum absolute atomic E-state index is 0.0591. The molecule has 0 unspecified atom stereocenters. The molecule has 2 aromatic rings. The van der Waals surface area contributed by atoms with Crippen molar-refractivity contribution in [2.45, 2.75) is 20.1 Å². The third kappa shape index (κ3) is 3.51. The number of carbonyl (C=O) groups is 1. The van der Waals surface area contributed by atoms with Crippen LogP contribution in [-0.2, 0) is 6.54 Å². The molecule has 1 heterocycles. The zero-order chi connectivity index (χ0) is 14.5. The number of aryl methyl sites for hydroxylation is 1. The molecule has 0 radical (unpaired) electrons. The van der Waals surface area contributed by atoms with Gasteiger partial charge in [-0.25, -0.2) is 4.98 Å². The van der Waals surface area contributed by atoms with Gasteiger partial charge in [-0.1, -0.05) is 18.2 Å². The fourth-order valence-corrected chi connectivity index (χ4v) is 2.36. The zero-order valence-corrected chi connectivity index (χ0v) is 11.4. The lowest BCUT2D eigenvalue weighted by Gasteiger charge is -2.11. The highest BCUT2D eigenvalue weighted by molar-refractivity contribution is 7.11. The predicted octanol–water partition coefficient (Wildman–Crippen LogP) is 2.98. The smallest absolute Gasteiger partial charge is 0.387 e. The van der Waals surface area contributed by atoms with Crippen LogP contribution in [0.5, 0.6) is 5.75 Å². The number of hydrogen-bond donors (Lipinski definition) is 1. The maximum absolute atomic E-state index is 12.3. The second-order valence-corrected chi connectivity index (χ2v) is 4.79. The summed E-state index contributed by atoms with van der Waals surface area (Å²) in [7, 11) is 0. The van der Waals surface area contributed by atoms with Crippen molar-refractivity contribution in [1.82, 2.24) is 10.3 Å². The SMILES string of the molecule is Cc1ncsc1C(=O)NCc1ccccc1OC(F)F. The molecule has 0 saturated carbocycles. The number of halogens is 2. The minimum Gasteiger partial charge on any atom is -0.434 e. The zero-order valence-electron chi connectivity index (χ0n) is 10.6. The molecule has 0 spiro atoms. The molecule has 1 N–H and O–H groups in total. The topological polar surface area (TPSA) is 51.2 Å². The lowest BCUT2D eigenvalue weighted by molar-refractivity contribution is -0.0504. The van der Waals surface area contributed by atoms with E-state index >= 15 is 0 Å². The lowest BCUT2D eigenvalue weighted by Crippen LogP contribution is -2.23. The number of aromatic nitrogens is 1. The molecule has 20 heavy (non-hydrogen) atoms. The Morgan fingerprint density at radius 1 is 1.45 bits per heavy atom. The summed E-state index contributed by atoms with van der Waals surface area (Å²) < 4.78 is 28.9. The van der Waals surface area contributed by atoms with Crippen LogP contribution in [0.3, 0.4) is 0 Å². The predicted molar refractivity (Wildman–Crippen MR) is 71.1 cm³/mol. The van der Waals surface area contributed by atoms with Gasteiger partial charge in [-0.2, -0.15) is 8.78 Å². The minimum atomic E-state index is -2.89. The quantitative estimate of drug-likeness (QED) is 0.923. The molecule has 0 aliphatic rings. The first kappa shape index (κ1) is 14.4. The molecule has 0 bridgehead atoms. The molecule has 0 atom stereocenters. The number of hydrogen-bond acceptors (Lipinski definition) is 4. The molecule has 0 fully saturated rings. The second kappa shape index (κ2) is 6.42. The molecule has 0 saturated heterocycles. The van der Waals surface area contributed by atoms with E-state index in [9.17, 15) is 13.6 Å². The molecule has 1 amide bonds. The fraction of sp³-hybridized carbons (Fsp3) is 0.231. The van der Waals surface area contributed by atoms with Crippen molar-refractivity contribution in [3.05, 3.63) is 45.9 Å². The van der Waals surface area contributed by atoms with Gasteiger partial charge in [0.15, 0.2) is 0 Å². The first-order valence-corrected chi connectivity index (χ1v) is 6.67. The number of nitrogens with one attached hydrogen (secondary N) is 1. The Labute approximate surface area is 118 Å². The first-order chi connectivity index (χ1) is 9.58. The number of rotatable bonds is 5. The fourth-order valence-electron chi connectivity index (χ4n) is 1.64. The standard InChI is InChI=1S/C13H12F2N2O2S/c1-8-11(20-7-17-8)12(18)16-6-9-4-2-3-5-10(9)19-13(14)15/h2-5,7,13H,6H2,1H3,(H,16,18). The van der Waals surface area contributed by atoms with Gasteiger partial charge in [0.1, 0.15) is 10.6 Å². The van der Waals surface area contributed by atoms with Crippen LogP contribution in [-0.4, -0.2) is 17.5 Å². The average Bonchev–Trinajstić information content (AvgIpc) is 2.83. The Hall–Kier alpha value is -2.02. The van der Waals surface area contributed by atoms with Gasteiger partial charge in [-0.05, 0) is 13.0 Å². The second-order valence-electron chi connectivity index (χ2n) is 3.94. The van der Waals surface area contributed by atoms with Gasteiger partial charge in [-0.3, -0.25) is 4.79 Å². The van der Waals surface area contributed by atoms with E-state index in [1.54, 1.807) is 30.6 Å². The van der Waals surface area contributed by atoms with Crippen molar-refractivity contribution in [1.29, 1.82) is 0 Å². The highest BCUT2D eigenvalue weighted by Gasteiger charge is 2.13. The molecule has 1 aromatic carbocycles. The maximum Gasteiger partial charge on any atom is 0.387 e. The van der Waals surface area contributed by atoms with Gasteiger partial charge >= 0.3 is 6.61 Å². The van der Waals surface area contributed by atoms with Crippen LogP contribution in [0.4, 0.5) is 8.78 Å². The van der Waals surface area contributed by atoms with E-state index in [0.717, 1.165) is 0 Å². The van der Waals surface area contributed by atoms with Crippen LogP contribution in [0.2, 0.25) is 0 Å². The number of benzene rings is 1. The number of ether oxygens (including phenoxy) is 1. The Morgan fingerprint density at radius 2 is 2.20 bits per heavy atom. The monoisotopic (exact) mass is 298 g/mol.